The van der Waals surface area contributed by atoms with Crippen molar-refractivity contribution in [3.05, 3.63) is 52.8 Å². The molecule has 8 heteroatoms. The average Bonchev–Trinajstić information content (AvgIpc) is 2.54. The van der Waals surface area contributed by atoms with E-state index in [1.54, 1.807) is 6.07 Å². The van der Waals surface area contributed by atoms with Crippen molar-refractivity contribution in [2.45, 2.75) is 19.5 Å². The molecule has 0 aliphatic carbocycles. The summed E-state index contributed by atoms with van der Waals surface area (Å²) in [5.74, 6) is -0.640. The van der Waals surface area contributed by atoms with E-state index in [1.807, 2.05) is 6.92 Å². The van der Waals surface area contributed by atoms with Crippen LogP contribution in [-0.2, 0) is 6.18 Å². The molecule has 0 spiro atoms. The summed E-state index contributed by atoms with van der Waals surface area (Å²) in [5.41, 5.74) is -0.184. The van der Waals surface area contributed by atoms with Crippen molar-refractivity contribution in [1.29, 1.82) is 0 Å². The van der Waals surface area contributed by atoms with E-state index in [4.69, 9.17) is 11.6 Å². The predicted molar refractivity (Wildman–Crippen MR) is 87.4 cm³/mol. The summed E-state index contributed by atoms with van der Waals surface area (Å²) in [4.78, 5) is 16.1. The second kappa shape index (κ2) is 7.53. The summed E-state index contributed by atoms with van der Waals surface area (Å²) in [6.07, 6.45) is -2.09. The number of carbonyl (C=O) groups excluding carboxylic acids is 1. The zero-order valence-electron chi connectivity index (χ0n) is 12.7. The van der Waals surface area contributed by atoms with Gasteiger partial charge in [-0.05, 0) is 36.8 Å². The van der Waals surface area contributed by atoms with E-state index in [9.17, 15) is 18.0 Å². The Balaban J connectivity index is 2.14. The van der Waals surface area contributed by atoms with Gasteiger partial charge in [0.25, 0.3) is 5.91 Å². The molecule has 1 aromatic heterocycles. The Morgan fingerprint density at radius 2 is 2.00 bits per heavy atom. The van der Waals surface area contributed by atoms with Gasteiger partial charge in [0.2, 0.25) is 0 Å². The predicted octanol–water partition coefficient (Wildman–Crippen LogP) is 4.83. The first-order valence-corrected chi connectivity index (χ1v) is 7.57. The molecule has 1 aromatic carbocycles. The van der Waals surface area contributed by atoms with Crippen LogP contribution in [0, 0.1) is 0 Å². The van der Waals surface area contributed by atoms with Crippen LogP contribution in [0.1, 0.15) is 29.4 Å². The van der Waals surface area contributed by atoms with Gasteiger partial charge in [0.05, 0.1) is 28.2 Å². The summed E-state index contributed by atoms with van der Waals surface area (Å²) in [6.45, 7) is 2.79. The minimum absolute atomic E-state index is 0.0117. The van der Waals surface area contributed by atoms with E-state index in [0.717, 1.165) is 36.9 Å². The van der Waals surface area contributed by atoms with E-state index in [1.165, 1.54) is 12.3 Å². The lowest BCUT2D eigenvalue weighted by molar-refractivity contribution is -0.137. The first-order chi connectivity index (χ1) is 11.3. The summed E-state index contributed by atoms with van der Waals surface area (Å²) >= 11 is 5.85. The van der Waals surface area contributed by atoms with Crippen LogP contribution in [0.4, 0.5) is 24.5 Å². The van der Waals surface area contributed by atoms with Crippen LogP contribution in [-0.4, -0.2) is 17.4 Å². The molecule has 0 atom stereocenters. The molecule has 2 aromatic rings. The van der Waals surface area contributed by atoms with Crippen molar-refractivity contribution < 1.29 is 18.0 Å². The number of pyridine rings is 1. The summed E-state index contributed by atoms with van der Waals surface area (Å²) in [6, 6.07) is 5.88. The van der Waals surface area contributed by atoms with Crippen molar-refractivity contribution in [2.75, 3.05) is 17.2 Å². The van der Waals surface area contributed by atoms with E-state index < -0.39 is 17.6 Å². The van der Waals surface area contributed by atoms with Crippen LogP contribution in [0.15, 0.2) is 36.5 Å². The van der Waals surface area contributed by atoms with Crippen LogP contribution in [0.2, 0.25) is 5.02 Å². The number of nitrogens with one attached hydrogen (secondary N) is 2. The number of anilines is 2. The van der Waals surface area contributed by atoms with E-state index in [2.05, 4.69) is 15.6 Å². The molecule has 1 heterocycles. The van der Waals surface area contributed by atoms with Crippen molar-refractivity contribution in [1.82, 2.24) is 4.98 Å². The number of hydrogen-bond acceptors (Lipinski definition) is 3. The van der Waals surface area contributed by atoms with Crippen LogP contribution in [0.25, 0.3) is 0 Å². The maximum Gasteiger partial charge on any atom is 0.416 e. The van der Waals surface area contributed by atoms with E-state index >= 15 is 0 Å². The lowest BCUT2D eigenvalue weighted by atomic mass is 10.2. The number of halogens is 4. The minimum atomic E-state index is -4.52. The number of aromatic nitrogens is 1. The lowest BCUT2D eigenvalue weighted by Gasteiger charge is -2.11. The third kappa shape index (κ3) is 4.61. The van der Waals surface area contributed by atoms with Crippen LogP contribution >= 0.6 is 11.6 Å². The normalized spacial score (nSPS) is 11.2. The highest BCUT2D eigenvalue weighted by molar-refractivity contribution is 6.33. The smallest absolute Gasteiger partial charge is 0.384 e. The fourth-order valence-electron chi connectivity index (χ4n) is 1.89. The molecule has 0 aliphatic heterocycles. The molecule has 2 N–H and O–H groups in total. The highest BCUT2D eigenvalue weighted by atomic mass is 35.5. The largest absolute Gasteiger partial charge is 0.416 e. The van der Waals surface area contributed by atoms with E-state index in [-0.39, 0.29) is 16.4 Å². The van der Waals surface area contributed by atoms with Gasteiger partial charge in [0.1, 0.15) is 5.69 Å². The second-order valence-electron chi connectivity index (χ2n) is 5.01. The van der Waals surface area contributed by atoms with Gasteiger partial charge >= 0.3 is 6.18 Å². The van der Waals surface area contributed by atoms with Crippen molar-refractivity contribution in [3.8, 4) is 0 Å². The van der Waals surface area contributed by atoms with Crippen molar-refractivity contribution >= 4 is 28.9 Å². The Morgan fingerprint density at radius 1 is 1.25 bits per heavy atom. The second-order valence-corrected chi connectivity index (χ2v) is 5.41. The Kier molecular flexibility index (Phi) is 5.66. The summed E-state index contributed by atoms with van der Waals surface area (Å²) in [7, 11) is 0. The zero-order chi connectivity index (χ0) is 17.7. The first-order valence-electron chi connectivity index (χ1n) is 7.19. The standard InChI is InChI=1S/C16H15ClF3N3O/c1-2-7-21-11-4-6-13(22-9-11)15(24)23-14-8-10(16(18,19)20)3-5-12(14)17/h3-6,8-9,21H,2,7H2,1H3,(H,23,24). The van der Waals surface area contributed by atoms with Gasteiger partial charge in [-0.25, -0.2) is 4.98 Å². The Hall–Kier alpha value is -2.28. The fourth-order valence-corrected chi connectivity index (χ4v) is 2.05. The topological polar surface area (TPSA) is 54.0 Å². The molecule has 128 valence electrons. The molecule has 0 saturated carbocycles. The number of alkyl halides is 3. The average molecular weight is 358 g/mol. The van der Waals surface area contributed by atoms with Crippen molar-refractivity contribution in [3.63, 3.8) is 0 Å². The molecule has 24 heavy (non-hydrogen) atoms. The number of hydrogen-bond donors (Lipinski definition) is 2. The van der Waals surface area contributed by atoms with Gasteiger partial charge < -0.3 is 10.6 Å². The van der Waals surface area contributed by atoms with Gasteiger partial charge in [0, 0.05) is 6.54 Å². The molecular formula is C16H15ClF3N3O. The van der Waals surface area contributed by atoms with E-state index in [0.29, 0.717) is 0 Å². The maximum absolute atomic E-state index is 12.7. The number of carbonyl (C=O) groups is 1. The Bertz CT molecular complexity index is 717. The molecule has 0 radical (unpaired) electrons. The van der Waals surface area contributed by atoms with Crippen molar-refractivity contribution in [2.24, 2.45) is 0 Å². The zero-order valence-corrected chi connectivity index (χ0v) is 13.5. The van der Waals surface area contributed by atoms with Gasteiger partial charge in [-0.15, -0.1) is 0 Å². The van der Waals surface area contributed by atoms with Gasteiger partial charge in [-0.3, -0.25) is 4.79 Å². The molecule has 4 nitrogen and oxygen atoms in total. The molecular weight excluding hydrogens is 343 g/mol. The third-order valence-corrected chi connectivity index (χ3v) is 3.45. The Labute approximate surface area is 142 Å². The minimum Gasteiger partial charge on any atom is -0.384 e. The molecule has 2 rings (SSSR count). The maximum atomic E-state index is 12.7. The number of rotatable bonds is 5. The van der Waals surface area contributed by atoms with Gasteiger partial charge in [-0.2, -0.15) is 13.2 Å². The summed E-state index contributed by atoms with van der Waals surface area (Å²) < 4.78 is 38.2. The number of nitrogens with zero attached hydrogens (tertiary/aromatic N) is 1. The SMILES string of the molecule is CCCNc1ccc(C(=O)Nc2cc(C(F)(F)F)ccc2Cl)nc1. The first kappa shape index (κ1) is 18.1. The number of amides is 1. The summed E-state index contributed by atoms with van der Waals surface area (Å²) in [5, 5.41) is 5.46. The Morgan fingerprint density at radius 3 is 2.58 bits per heavy atom. The van der Waals surface area contributed by atoms with Gasteiger partial charge in [-0.1, -0.05) is 18.5 Å². The third-order valence-electron chi connectivity index (χ3n) is 3.12. The van der Waals surface area contributed by atoms with Crippen LogP contribution in [0.5, 0.6) is 0 Å². The molecule has 0 saturated heterocycles. The highest BCUT2D eigenvalue weighted by Gasteiger charge is 2.31. The monoisotopic (exact) mass is 357 g/mol. The van der Waals surface area contributed by atoms with Crippen LogP contribution in [0.3, 0.4) is 0 Å². The molecule has 0 fully saturated rings. The lowest BCUT2D eigenvalue weighted by Crippen LogP contribution is -2.15. The number of benzene rings is 1. The van der Waals surface area contributed by atoms with Gasteiger partial charge in [0.15, 0.2) is 0 Å². The molecule has 0 unspecified atom stereocenters. The quantitative estimate of drug-likeness (QED) is 0.806. The molecule has 1 amide bonds. The molecule has 0 bridgehead atoms. The van der Waals surface area contributed by atoms with Crippen LogP contribution < -0.4 is 10.6 Å². The highest BCUT2D eigenvalue weighted by Crippen LogP contribution is 2.33. The molecule has 0 aliphatic rings. The fraction of sp³-hybridized carbons (Fsp3) is 0.250.